The van der Waals surface area contributed by atoms with Gasteiger partial charge in [-0.3, -0.25) is 14.9 Å². The van der Waals surface area contributed by atoms with Gasteiger partial charge in [0.25, 0.3) is 11.6 Å². The summed E-state index contributed by atoms with van der Waals surface area (Å²) in [5.74, 6) is -0.704. The zero-order chi connectivity index (χ0) is 23.4. The minimum absolute atomic E-state index is 0.0447. The first kappa shape index (κ1) is 21.5. The quantitative estimate of drug-likeness (QED) is 0.188. The molecule has 0 spiro atoms. The number of benzene rings is 3. The van der Waals surface area contributed by atoms with E-state index < -0.39 is 10.8 Å². The topological polar surface area (TPSA) is 101 Å². The number of aryl methyl sites for hydroxylation is 1. The van der Waals surface area contributed by atoms with E-state index in [2.05, 4.69) is 9.88 Å². The normalized spacial score (nSPS) is 11.2. The molecule has 7 heteroatoms. The molecule has 7 nitrogen and oxygen atoms in total. The maximum absolute atomic E-state index is 12.8. The van der Waals surface area contributed by atoms with Gasteiger partial charge in [-0.2, -0.15) is 5.26 Å². The predicted octanol–water partition coefficient (Wildman–Crippen LogP) is 5.45. The van der Waals surface area contributed by atoms with E-state index in [-0.39, 0.29) is 16.9 Å². The van der Waals surface area contributed by atoms with Crippen LogP contribution in [0.2, 0.25) is 0 Å². The first-order chi connectivity index (χ1) is 16.0. The van der Waals surface area contributed by atoms with Crippen molar-refractivity contribution in [2.45, 2.75) is 13.5 Å². The fourth-order valence-corrected chi connectivity index (χ4v) is 3.69. The summed E-state index contributed by atoms with van der Waals surface area (Å²) in [6.45, 7) is 2.36. The van der Waals surface area contributed by atoms with Gasteiger partial charge >= 0.3 is 0 Å². The summed E-state index contributed by atoms with van der Waals surface area (Å²) >= 11 is 0. The maximum Gasteiger partial charge on any atom is 0.293 e. The number of rotatable bonds is 6. The molecule has 0 saturated carbocycles. The van der Waals surface area contributed by atoms with Crippen molar-refractivity contribution in [3.63, 3.8) is 0 Å². The van der Waals surface area contributed by atoms with Gasteiger partial charge < -0.3 is 9.88 Å². The molecule has 4 aromatic rings. The highest BCUT2D eigenvalue weighted by Gasteiger charge is 2.19. The number of carbonyl (C=O) groups excluding carboxylic acids is 1. The van der Waals surface area contributed by atoms with E-state index in [1.807, 2.05) is 66.9 Å². The van der Waals surface area contributed by atoms with E-state index in [4.69, 9.17) is 0 Å². The van der Waals surface area contributed by atoms with Crippen molar-refractivity contribution in [1.82, 2.24) is 4.57 Å². The summed E-state index contributed by atoms with van der Waals surface area (Å²) < 4.78 is 2.06. The molecule has 0 aliphatic carbocycles. The third kappa shape index (κ3) is 4.65. The number of nitriles is 1. The second-order valence-corrected chi connectivity index (χ2v) is 7.62. The van der Waals surface area contributed by atoms with Gasteiger partial charge in [0.15, 0.2) is 0 Å². The van der Waals surface area contributed by atoms with Gasteiger partial charge in [0.05, 0.1) is 4.92 Å². The fraction of sp³-hybridized carbons (Fsp3) is 0.0769. The third-order valence-electron chi connectivity index (χ3n) is 5.28. The number of aromatic nitrogens is 1. The SMILES string of the molecule is Cc1ccc(NC(=O)/C(C#N)=C/c2cn(Cc3ccccc3)c3ccccc23)c([N+](=O)[O-])c1. The van der Waals surface area contributed by atoms with Crippen molar-refractivity contribution in [3.8, 4) is 6.07 Å². The Bertz CT molecular complexity index is 1430. The summed E-state index contributed by atoms with van der Waals surface area (Å²) in [7, 11) is 0. The van der Waals surface area contributed by atoms with E-state index in [9.17, 15) is 20.2 Å². The number of fused-ring (bicyclic) bond motifs is 1. The number of nitro benzene ring substituents is 1. The summed E-state index contributed by atoms with van der Waals surface area (Å²) in [5.41, 5.74) is 3.18. The number of nitrogens with zero attached hydrogens (tertiary/aromatic N) is 3. The average molecular weight is 436 g/mol. The van der Waals surface area contributed by atoms with Gasteiger partial charge in [-0.1, -0.05) is 54.6 Å². The monoisotopic (exact) mass is 436 g/mol. The Labute approximate surface area is 190 Å². The lowest BCUT2D eigenvalue weighted by Gasteiger charge is -2.06. The summed E-state index contributed by atoms with van der Waals surface area (Å²) in [6, 6.07) is 24.2. The van der Waals surface area contributed by atoms with Crippen LogP contribution in [-0.4, -0.2) is 15.4 Å². The molecule has 0 aliphatic rings. The van der Waals surface area contributed by atoms with Gasteiger partial charge in [-0.15, -0.1) is 0 Å². The Morgan fingerprint density at radius 1 is 1.12 bits per heavy atom. The van der Waals surface area contributed by atoms with Crippen molar-refractivity contribution in [2.24, 2.45) is 0 Å². The van der Waals surface area contributed by atoms with Crippen molar-refractivity contribution in [3.05, 3.63) is 111 Å². The number of hydrogen-bond acceptors (Lipinski definition) is 4. The van der Waals surface area contributed by atoms with E-state index in [1.165, 1.54) is 18.2 Å². The van der Waals surface area contributed by atoms with E-state index in [0.29, 0.717) is 17.7 Å². The zero-order valence-corrected chi connectivity index (χ0v) is 17.9. The van der Waals surface area contributed by atoms with Crippen LogP contribution in [-0.2, 0) is 11.3 Å². The van der Waals surface area contributed by atoms with Gasteiger partial charge in [0.1, 0.15) is 17.3 Å². The Balaban J connectivity index is 1.69. The highest BCUT2D eigenvalue weighted by molar-refractivity contribution is 6.11. The molecular weight excluding hydrogens is 416 g/mol. The zero-order valence-electron chi connectivity index (χ0n) is 17.9. The summed E-state index contributed by atoms with van der Waals surface area (Å²) in [6.07, 6.45) is 3.41. The van der Waals surface area contributed by atoms with E-state index in [1.54, 1.807) is 13.0 Å². The molecule has 1 N–H and O–H groups in total. The minimum Gasteiger partial charge on any atom is -0.342 e. The van der Waals surface area contributed by atoms with Crippen molar-refractivity contribution >= 4 is 34.3 Å². The molecule has 0 fully saturated rings. The first-order valence-corrected chi connectivity index (χ1v) is 10.3. The standard InChI is InChI=1S/C26H20N4O3/c1-18-11-12-23(25(13-18)30(32)33)28-26(31)20(15-27)14-21-17-29(16-19-7-3-2-4-8-19)24-10-6-5-9-22(21)24/h2-14,17H,16H2,1H3,(H,28,31)/b20-14+. The number of para-hydroxylation sites is 1. The van der Waals surface area contributed by atoms with Crippen LogP contribution in [0.25, 0.3) is 17.0 Å². The van der Waals surface area contributed by atoms with Crippen molar-refractivity contribution in [1.29, 1.82) is 5.26 Å². The molecule has 3 aromatic carbocycles. The van der Waals surface area contributed by atoms with Crippen molar-refractivity contribution < 1.29 is 9.72 Å². The van der Waals surface area contributed by atoms with E-state index >= 15 is 0 Å². The molecule has 1 heterocycles. The van der Waals surface area contributed by atoms with Gasteiger partial charge in [0, 0.05) is 35.3 Å². The Kier molecular flexibility index (Phi) is 6.00. The fourth-order valence-electron chi connectivity index (χ4n) is 3.69. The molecule has 1 aromatic heterocycles. The highest BCUT2D eigenvalue weighted by atomic mass is 16.6. The number of carbonyl (C=O) groups is 1. The van der Waals surface area contributed by atoms with Crippen LogP contribution in [0.4, 0.5) is 11.4 Å². The average Bonchev–Trinajstić information content (AvgIpc) is 3.16. The number of hydrogen-bond donors (Lipinski definition) is 1. The molecule has 162 valence electrons. The van der Waals surface area contributed by atoms with Crippen LogP contribution in [0.15, 0.2) is 84.6 Å². The molecular formula is C26H20N4O3. The predicted molar refractivity (Wildman–Crippen MR) is 128 cm³/mol. The Hall–Kier alpha value is -4.70. The second kappa shape index (κ2) is 9.20. The van der Waals surface area contributed by atoms with Crippen LogP contribution in [0.1, 0.15) is 16.7 Å². The first-order valence-electron chi connectivity index (χ1n) is 10.3. The van der Waals surface area contributed by atoms with Crippen LogP contribution < -0.4 is 5.32 Å². The van der Waals surface area contributed by atoms with Gasteiger partial charge in [-0.05, 0) is 36.3 Å². The molecule has 33 heavy (non-hydrogen) atoms. The molecule has 0 atom stereocenters. The van der Waals surface area contributed by atoms with Crippen molar-refractivity contribution in [2.75, 3.05) is 5.32 Å². The summed E-state index contributed by atoms with van der Waals surface area (Å²) in [4.78, 5) is 23.6. The Morgan fingerprint density at radius 3 is 2.58 bits per heavy atom. The smallest absolute Gasteiger partial charge is 0.293 e. The number of amides is 1. The van der Waals surface area contributed by atoms with Gasteiger partial charge in [0.2, 0.25) is 0 Å². The molecule has 0 aliphatic heterocycles. The Morgan fingerprint density at radius 2 is 1.85 bits per heavy atom. The number of anilines is 1. The van der Waals surface area contributed by atoms with Crippen LogP contribution in [0, 0.1) is 28.4 Å². The van der Waals surface area contributed by atoms with Gasteiger partial charge in [-0.25, -0.2) is 0 Å². The molecule has 0 bridgehead atoms. The minimum atomic E-state index is -0.704. The van der Waals surface area contributed by atoms with E-state index in [0.717, 1.165) is 16.5 Å². The molecule has 0 unspecified atom stereocenters. The second-order valence-electron chi connectivity index (χ2n) is 7.62. The summed E-state index contributed by atoms with van der Waals surface area (Å²) in [5, 5.41) is 24.4. The number of nitrogens with one attached hydrogen (secondary N) is 1. The lowest BCUT2D eigenvalue weighted by atomic mass is 10.1. The van der Waals surface area contributed by atoms with Crippen LogP contribution in [0.3, 0.4) is 0 Å². The third-order valence-corrected chi connectivity index (χ3v) is 5.28. The largest absolute Gasteiger partial charge is 0.342 e. The van der Waals surface area contributed by atoms with Crippen LogP contribution >= 0.6 is 0 Å². The molecule has 4 rings (SSSR count). The van der Waals surface area contributed by atoms with Crippen LogP contribution in [0.5, 0.6) is 0 Å². The molecule has 0 saturated heterocycles. The molecule has 0 radical (unpaired) electrons. The lowest BCUT2D eigenvalue weighted by molar-refractivity contribution is -0.384. The number of nitro groups is 1. The maximum atomic E-state index is 12.8. The molecule has 1 amide bonds. The highest BCUT2D eigenvalue weighted by Crippen LogP contribution is 2.27. The lowest BCUT2D eigenvalue weighted by Crippen LogP contribution is -2.14.